The van der Waals surface area contributed by atoms with E-state index in [1.165, 1.54) is 25.0 Å². The molecule has 3 rings (SSSR count). The summed E-state index contributed by atoms with van der Waals surface area (Å²) >= 11 is 0. The molecule has 0 spiro atoms. The van der Waals surface area contributed by atoms with Crippen molar-refractivity contribution >= 4 is 0 Å². The third-order valence-corrected chi connectivity index (χ3v) is 3.98. The van der Waals surface area contributed by atoms with E-state index in [1.807, 2.05) is 0 Å². The normalized spacial score (nSPS) is 17.5. The number of nitrogens with zero attached hydrogens (tertiary/aromatic N) is 2. The quantitative estimate of drug-likeness (QED) is 0.931. The summed E-state index contributed by atoms with van der Waals surface area (Å²) in [5.41, 5.74) is 6.71. The van der Waals surface area contributed by atoms with Crippen molar-refractivity contribution in [3.63, 3.8) is 0 Å². The molecule has 4 nitrogen and oxygen atoms in total. The molecule has 1 atom stereocenters. The van der Waals surface area contributed by atoms with Gasteiger partial charge in [0.15, 0.2) is 5.82 Å². The van der Waals surface area contributed by atoms with Crippen LogP contribution in [0.25, 0.3) is 0 Å². The van der Waals surface area contributed by atoms with Crippen molar-refractivity contribution in [3.05, 3.63) is 47.4 Å². The summed E-state index contributed by atoms with van der Waals surface area (Å²) in [6.07, 6.45) is 4.71. The molecule has 1 aliphatic rings. The van der Waals surface area contributed by atoms with E-state index in [9.17, 15) is 4.39 Å². The van der Waals surface area contributed by atoms with E-state index in [0.717, 1.165) is 24.2 Å². The summed E-state index contributed by atoms with van der Waals surface area (Å²) in [5, 5.41) is 4.09. The first-order chi connectivity index (χ1) is 9.78. The highest BCUT2D eigenvalue weighted by molar-refractivity contribution is 5.25. The van der Waals surface area contributed by atoms with Gasteiger partial charge in [0.05, 0.1) is 5.92 Å². The highest BCUT2D eigenvalue weighted by atomic mass is 19.1. The second kappa shape index (κ2) is 5.71. The average molecular weight is 275 g/mol. The predicted molar refractivity (Wildman–Crippen MR) is 72.8 cm³/mol. The van der Waals surface area contributed by atoms with Crippen molar-refractivity contribution in [2.45, 2.75) is 37.5 Å². The molecule has 1 aromatic carbocycles. The molecule has 0 radical (unpaired) electrons. The fourth-order valence-corrected chi connectivity index (χ4v) is 2.81. The van der Waals surface area contributed by atoms with E-state index < -0.39 is 0 Å². The third kappa shape index (κ3) is 2.58. The van der Waals surface area contributed by atoms with Crippen LogP contribution in [0.15, 0.2) is 28.8 Å². The zero-order valence-electron chi connectivity index (χ0n) is 11.3. The lowest BCUT2D eigenvalue weighted by atomic mass is 9.99. The van der Waals surface area contributed by atoms with E-state index in [2.05, 4.69) is 10.1 Å². The largest absolute Gasteiger partial charge is 0.339 e. The lowest BCUT2D eigenvalue weighted by molar-refractivity contribution is 0.359. The van der Waals surface area contributed by atoms with Gasteiger partial charge in [0.25, 0.3) is 0 Å². The minimum atomic E-state index is -0.262. The van der Waals surface area contributed by atoms with Crippen LogP contribution in [0.4, 0.5) is 4.39 Å². The van der Waals surface area contributed by atoms with Gasteiger partial charge in [-0.2, -0.15) is 4.98 Å². The number of halogens is 1. The van der Waals surface area contributed by atoms with Crippen molar-refractivity contribution in [1.82, 2.24) is 10.1 Å². The molecule has 2 aromatic rings. The summed E-state index contributed by atoms with van der Waals surface area (Å²) < 4.78 is 18.4. The Morgan fingerprint density at radius 1 is 1.25 bits per heavy atom. The minimum absolute atomic E-state index is 0.168. The molecule has 1 aliphatic carbocycles. The number of rotatable bonds is 4. The van der Waals surface area contributed by atoms with Crippen molar-refractivity contribution in [2.75, 3.05) is 6.54 Å². The summed E-state index contributed by atoms with van der Waals surface area (Å²) in [4.78, 5) is 4.51. The Morgan fingerprint density at radius 2 is 1.95 bits per heavy atom. The third-order valence-electron chi connectivity index (χ3n) is 3.98. The van der Waals surface area contributed by atoms with Gasteiger partial charge in [-0.3, -0.25) is 0 Å². The highest BCUT2D eigenvalue weighted by Crippen LogP contribution is 2.33. The second-order valence-corrected chi connectivity index (χ2v) is 5.31. The summed E-state index contributed by atoms with van der Waals surface area (Å²) in [6.45, 7) is 0.359. The van der Waals surface area contributed by atoms with Crippen LogP contribution < -0.4 is 5.73 Å². The molecule has 106 valence electrons. The molecule has 2 N–H and O–H groups in total. The summed E-state index contributed by atoms with van der Waals surface area (Å²) in [5.74, 6) is 1.30. The SMILES string of the molecule is NCC(c1ccc(F)cc1)c1nc(C2CCCC2)no1. The van der Waals surface area contributed by atoms with E-state index in [0.29, 0.717) is 18.4 Å². The Labute approximate surface area is 117 Å². The van der Waals surface area contributed by atoms with Crippen LogP contribution in [0.3, 0.4) is 0 Å². The first kappa shape index (κ1) is 13.2. The van der Waals surface area contributed by atoms with Gasteiger partial charge in [0, 0.05) is 12.5 Å². The smallest absolute Gasteiger partial charge is 0.235 e. The van der Waals surface area contributed by atoms with Crippen molar-refractivity contribution < 1.29 is 8.91 Å². The number of benzene rings is 1. The maximum atomic E-state index is 13.0. The molecule has 0 saturated heterocycles. The molecule has 1 aromatic heterocycles. The molecule has 0 aliphatic heterocycles. The minimum Gasteiger partial charge on any atom is -0.339 e. The lowest BCUT2D eigenvalue weighted by Crippen LogP contribution is -2.14. The predicted octanol–water partition coefficient (Wildman–Crippen LogP) is 2.96. The van der Waals surface area contributed by atoms with E-state index in [1.54, 1.807) is 12.1 Å². The fraction of sp³-hybridized carbons (Fsp3) is 0.467. The van der Waals surface area contributed by atoms with Crippen molar-refractivity contribution in [3.8, 4) is 0 Å². The first-order valence-corrected chi connectivity index (χ1v) is 7.07. The van der Waals surface area contributed by atoms with Crippen LogP contribution in [-0.2, 0) is 0 Å². The number of nitrogens with two attached hydrogens (primary N) is 1. The van der Waals surface area contributed by atoms with Crippen LogP contribution in [0.1, 0.15) is 54.8 Å². The maximum absolute atomic E-state index is 13.0. The Kier molecular flexibility index (Phi) is 3.78. The van der Waals surface area contributed by atoms with Crippen LogP contribution in [-0.4, -0.2) is 16.7 Å². The number of hydrogen-bond donors (Lipinski definition) is 1. The topological polar surface area (TPSA) is 64.9 Å². The number of hydrogen-bond acceptors (Lipinski definition) is 4. The van der Waals surface area contributed by atoms with Crippen molar-refractivity contribution in [1.29, 1.82) is 0 Å². The second-order valence-electron chi connectivity index (χ2n) is 5.31. The molecule has 1 saturated carbocycles. The molecule has 0 amide bonds. The molecular weight excluding hydrogens is 257 g/mol. The molecule has 5 heteroatoms. The highest BCUT2D eigenvalue weighted by Gasteiger charge is 2.25. The van der Waals surface area contributed by atoms with E-state index in [-0.39, 0.29) is 11.7 Å². The standard InChI is InChI=1S/C15H18FN3O/c16-12-7-5-10(6-8-12)13(9-17)15-18-14(19-20-15)11-3-1-2-4-11/h5-8,11,13H,1-4,9,17H2. The zero-order chi connectivity index (χ0) is 13.9. The Balaban J connectivity index is 1.83. The molecule has 20 heavy (non-hydrogen) atoms. The van der Waals surface area contributed by atoms with Crippen LogP contribution in [0.2, 0.25) is 0 Å². The molecule has 1 fully saturated rings. The monoisotopic (exact) mass is 275 g/mol. The molecule has 1 heterocycles. The molecular formula is C15H18FN3O. The molecule has 0 bridgehead atoms. The van der Waals surface area contributed by atoms with Crippen molar-refractivity contribution in [2.24, 2.45) is 5.73 Å². The summed E-state index contributed by atoms with van der Waals surface area (Å²) in [6, 6.07) is 6.27. The summed E-state index contributed by atoms with van der Waals surface area (Å²) in [7, 11) is 0. The molecule has 1 unspecified atom stereocenters. The van der Waals surface area contributed by atoms with Crippen LogP contribution in [0.5, 0.6) is 0 Å². The lowest BCUT2D eigenvalue weighted by Gasteiger charge is -2.10. The Morgan fingerprint density at radius 3 is 2.60 bits per heavy atom. The maximum Gasteiger partial charge on any atom is 0.235 e. The van der Waals surface area contributed by atoms with Gasteiger partial charge >= 0.3 is 0 Å². The van der Waals surface area contributed by atoms with Gasteiger partial charge in [-0.15, -0.1) is 0 Å². The number of aromatic nitrogens is 2. The first-order valence-electron chi connectivity index (χ1n) is 7.07. The average Bonchev–Trinajstić information content (AvgIpc) is 3.12. The van der Waals surface area contributed by atoms with Gasteiger partial charge in [-0.1, -0.05) is 30.1 Å². The van der Waals surface area contributed by atoms with Crippen LogP contribution in [0, 0.1) is 5.82 Å². The van der Waals surface area contributed by atoms with Gasteiger partial charge < -0.3 is 10.3 Å². The Bertz CT molecular complexity index is 561. The fourth-order valence-electron chi connectivity index (χ4n) is 2.81. The van der Waals surface area contributed by atoms with Gasteiger partial charge in [0.2, 0.25) is 5.89 Å². The van der Waals surface area contributed by atoms with E-state index >= 15 is 0 Å². The zero-order valence-corrected chi connectivity index (χ0v) is 11.3. The van der Waals surface area contributed by atoms with E-state index in [4.69, 9.17) is 10.3 Å². The van der Waals surface area contributed by atoms with Gasteiger partial charge in [-0.05, 0) is 30.5 Å². The Hall–Kier alpha value is -1.75. The van der Waals surface area contributed by atoms with Gasteiger partial charge in [0.1, 0.15) is 5.82 Å². The van der Waals surface area contributed by atoms with Crippen LogP contribution >= 0.6 is 0 Å². The van der Waals surface area contributed by atoms with Gasteiger partial charge in [-0.25, -0.2) is 4.39 Å².